The normalized spacial score (nSPS) is 11.2. The lowest BCUT2D eigenvalue weighted by Gasteiger charge is -2.03. The lowest BCUT2D eigenvalue weighted by Crippen LogP contribution is -2.09. The highest BCUT2D eigenvalue weighted by Crippen LogP contribution is 2.11. The Hall–Kier alpha value is -1.25. The number of allylic oxidation sites excluding steroid dienone is 4. The fourth-order valence-electron chi connectivity index (χ4n) is 3.83. The van der Waals surface area contributed by atoms with E-state index < -0.39 is 0 Å². The minimum absolute atomic E-state index is 0. The van der Waals surface area contributed by atoms with Crippen LogP contribution in [-0.4, -0.2) is 13.1 Å². The molecule has 0 atom stereocenters. The van der Waals surface area contributed by atoms with E-state index in [9.17, 15) is 0 Å². The van der Waals surface area contributed by atoms with Crippen LogP contribution in [0.5, 0.6) is 0 Å². The van der Waals surface area contributed by atoms with Crippen LogP contribution in [0.1, 0.15) is 123 Å². The zero-order valence-corrected chi connectivity index (χ0v) is 23.6. The Morgan fingerprint density at radius 3 is 1.62 bits per heavy atom. The van der Waals surface area contributed by atoms with Crippen LogP contribution in [0.2, 0.25) is 0 Å². The molecule has 0 bridgehead atoms. The third-order valence-corrected chi connectivity index (χ3v) is 5.87. The summed E-state index contributed by atoms with van der Waals surface area (Å²) in [6, 6.07) is 10.5. The molecule has 3 heteroatoms. The van der Waals surface area contributed by atoms with Gasteiger partial charge in [0.05, 0.1) is 0 Å². The highest BCUT2D eigenvalue weighted by atomic mass is 35.5. The summed E-state index contributed by atoms with van der Waals surface area (Å²) in [4.78, 5) is 0. The van der Waals surface area contributed by atoms with Gasteiger partial charge in [-0.15, -0.1) is 12.4 Å². The van der Waals surface area contributed by atoms with Gasteiger partial charge in [-0.25, -0.2) is 0 Å². The van der Waals surface area contributed by atoms with Crippen molar-refractivity contribution < 1.29 is 0 Å². The molecule has 1 aromatic carbocycles. The van der Waals surface area contributed by atoms with Gasteiger partial charge in [0, 0.05) is 12.1 Å². The second-order valence-electron chi connectivity index (χ2n) is 9.13. The molecule has 198 valence electrons. The van der Waals surface area contributed by atoms with Crippen molar-refractivity contribution in [3.05, 3.63) is 59.8 Å². The highest BCUT2D eigenvalue weighted by Gasteiger charge is 1.95. The minimum atomic E-state index is 0. The fourth-order valence-corrected chi connectivity index (χ4v) is 3.83. The first-order valence-corrected chi connectivity index (χ1v) is 14.1. The van der Waals surface area contributed by atoms with E-state index in [1.807, 2.05) is 0 Å². The molecule has 1 rings (SSSR count). The first-order valence-electron chi connectivity index (χ1n) is 14.1. The van der Waals surface area contributed by atoms with Crippen molar-refractivity contribution in [3.63, 3.8) is 0 Å². The molecule has 0 heterocycles. The Kier molecular flexibility index (Phi) is 30.6. The van der Waals surface area contributed by atoms with E-state index in [1.165, 1.54) is 95.5 Å². The molecule has 0 spiro atoms. The maximum absolute atomic E-state index is 6.13. The molecule has 0 amide bonds. The Bertz CT molecular complexity index is 552. The monoisotopic (exact) mass is 492 g/mol. The standard InChI is InChI=1S/C27H45N.C4H11N.ClH/c1-2-3-4-5-6-7-8-9-10-11-12-13-14-15-16-17-21-24-27(28)25-26-22-19-18-20-23-26;1-3-5-4-2;/h9-10,18-20,22-24H,2-8,11-17,21,25,28H2,1H3;5H,3-4H2,1-2H3;1H/b10-9-,27-24?;;. The summed E-state index contributed by atoms with van der Waals surface area (Å²) in [5, 5.41) is 3.11. The Morgan fingerprint density at radius 2 is 1.15 bits per heavy atom. The van der Waals surface area contributed by atoms with E-state index in [1.54, 1.807) is 0 Å². The minimum Gasteiger partial charge on any atom is -0.402 e. The van der Waals surface area contributed by atoms with Crippen molar-refractivity contribution in [2.45, 2.75) is 124 Å². The number of rotatable bonds is 20. The molecule has 0 aliphatic rings. The van der Waals surface area contributed by atoms with Gasteiger partial charge in [-0.1, -0.05) is 127 Å². The summed E-state index contributed by atoms with van der Waals surface area (Å²) in [5.74, 6) is 0. The van der Waals surface area contributed by atoms with Crippen molar-refractivity contribution in [3.8, 4) is 0 Å². The molecule has 1 aromatic rings. The van der Waals surface area contributed by atoms with Gasteiger partial charge in [0.15, 0.2) is 0 Å². The molecule has 34 heavy (non-hydrogen) atoms. The Labute approximate surface area is 219 Å². The van der Waals surface area contributed by atoms with E-state index in [4.69, 9.17) is 5.73 Å². The molecule has 0 saturated heterocycles. The average Bonchev–Trinajstić information content (AvgIpc) is 2.82. The van der Waals surface area contributed by atoms with E-state index >= 15 is 0 Å². The van der Waals surface area contributed by atoms with Gasteiger partial charge < -0.3 is 11.1 Å². The Balaban J connectivity index is 0. The van der Waals surface area contributed by atoms with Crippen LogP contribution in [0.15, 0.2) is 54.3 Å². The second-order valence-corrected chi connectivity index (χ2v) is 9.13. The molecule has 0 aliphatic heterocycles. The topological polar surface area (TPSA) is 38.0 Å². The summed E-state index contributed by atoms with van der Waals surface area (Å²) < 4.78 is 0. The van der Waals surface area contributed by atoms with Crippen LogP contribution >= 0.6 is 12.4 Å². The molecule has 0 unspecified atom stereocenters. The SMILES string of the molecule is CCCCCCCC/C=C\CCCCCCCCC=C(N)Cc1ccccc1.CCNCC.Cl. The van der Waals surface area contributed by atoms with E-state index in [0.717, 1.165) is 31.6 Å². The number of nitrogens with one attached hydrogen (secondary N) is 1. The predicted molar refractivity (Wildman–Crippen MR) is 158 cm³/mol. The van der Waals surface area contributed by atoms with Crippen molar-refractivity contribution in [1.29, 1.82) is 0 Å². The molecule has 0 aliphatic carbocycles. The molecular weight excluding hydrogens is 436 g/mol. The largest absolute Gasteiger partial charge is 0.402 e. The summed E-state index contributed by atoms with van der Waals surface area (Å²) >= 11 is 0. The van der Waals surface area contributed by atoms with Crippen molar-refractivity contribution in [2.75, 3.05) is 13.1 Å². The van der Waals surface area contributed by atoms with Crippen molar-refractivity contribution in [2.24, 2.45) is 5.73 Å². The van der Waals surface area contributed by atoms with Crippen LogP contribution in [0.4, 0.5) is 0 Å². The summed E-state index contributed by atoms with van der Waals surface area (Å²) in [6.07, 6.45) is 28.1. The molecule has 3 N–H and O–H groups in total. The quantitative estimate of drug-likeness (QED) is 0.140. The number of hydrogen-bond donors (Lipinski definition) is 2. The molecule has 0 radical (unpaired) electrons. The lowest BCUT2D eigenvalue weighted by molar-refractivity contribution is 0.598. The lowest BCUT2D eigenvalue weighted by atomic mass is 10.1. The van der Waals surface area contributed by atoms with E-state index in [2.05, 4.69) is 74.6 Å². The third-order valence-electron chi connectivity index (χ3n) is 5.87. The molecule has 0 aromatic heterocycles. The van der Waals surface area contributed by atoms with Gasteiger partial charge in [-0.2, -0.15) is 0 Å². The van der Waals surface area contributed by atoms with Crippen LogP contribution < -0.4 is 11.1 Å². The third kappa shape index (κ3) is 27.0. The zero-order valence-electron chi connectivity index (χ0n) is 22.8. The van der Waals surface area contributed by atoms with E-state index in [-0.39, 0.29) is 12.4 Å². The summed E-state index contributed by atoms with van der Waals surface area (Å²) in [7, 11) is 0. The van der Waals surface area contributed by atoms with Crippen LogP contribution in [0.25, 0.3) is 0 Å². The molecule has 0 saturated carbocycles. The summed E-state index contributed by atoms with van der Waals surface area (Å²) in [6.45, 7) is 8.67. The van der Waals surface area contributed by atoms with Crippen LogP contribution in [0.3, 0.4) is 0 Å². The van der Waals surface area contributed by atoms with Gasteiger partial charge in [0.25, 0.3) is 0 Å². The highest BCUT2D eigenvalue weighted by molar-refractivity contribution is 5.85. The number of unbranched alkanes of at least 4 members (excludes halogenated alkanes) is 13. The molecule has 0 fully saturated rings. The first kappa shape index (κ1) is 34.9. The van der Waals surface area contributed by atoms with Crippen LogP contribution in [-0.2, 0) is 6.42 Å². The van der Waals surface area contributed by atoms with Gasteiger partial charge in [-0.05, 0) is 57.2 Å². The second kappa shape index (κ2) is 29.8. The molecule has 2 nitrogen and oxygen atoms in total. The number of hydrogen-bond acceptors (Lipinski definition) is 2. The zero-order chi connectivity index (χ0) is 24.2. The predicted octanol–water partition coefficient (Wildman–Crippen LogP) is 9.54. The van der Waals surface area contributed by atoms with Gasteiger partial charge >= 0.3 is 0 Å². The van der Waals surface area contributed by atoms with Gasteiger partial charge in [-0.3, -0.25) is 0 Å². The average molecular weight is 493 g/mol. The number of nitrogens with two attached hydrogens (primary N) is 1. The van der Waals surface area contributed by atoms with E-state index in [0.29, 0.717) is 0 Å². The van der Waals surface area contributed by atoms with Gasteiger partial charge in [0.1, 0.15) is 0 Å². The summed E-state index contributed by atoms with van der Waals surface area (Å²) in [5.41, 5.74) is 8.44. The maximum Gasteiger partial charge on any atom is 0.0118 e. The number of benzene rings is 1. The number of halogens is 1. The van der Waals surface area contributed by atoms with Crippen LogP contribution in [0, 0.1) is 0 Å². The van der Waals surface area contributed by atoms with Crippen molar-refractivity contribution in [1.82, 2.24) is 5.32 Å². The first-order chi connectivity index (χ1) is 16.2. The smallest absolute Gasteiger partial charge is 0.0118 e. The maximum atomic E-state index is 6.13. The fraction of sp³-hybridized carbons (Fsp3) is 0.677. The van der Waals surface area contributed by atoms with Gasteiger partial charge in [0.2, 0.25) is 0 Å². The molecular formula is C31H57ClN2. The van der Waals surface area contributed by atoms with Crippen molar-refractivity contribution >= 4 is 12.4 Å². The Morgan fingerprint density at radius 1 is 0.676 bits per heavy atom.